The van der Waals surface area contributed by atoms with Gasteiger partial charge in [0.05, 0.1) is 0 Å². The predicted octanol–water partition coefficient (Wildman–Crippen LogP) is 3.16. The minimum Gasteiger partial charge on any atom is -0.443 e. The lowest BCUT2D eigenvalue weighted by Crippen LogP contribution is -2.41. The maximum atomic E-state index is 12.6. The molecule has 0 aliphatic carbocycles. The number of carbonyl (C=O) groups is 3. The lowest BCUT2D eigenvalue weighted by atomic mass is 10.1. The van der Waals surface area contributed by atoms with Gasteiger partial charge in [0.15, 0.2) is 5.69 Å². The second-order valence-electron chi connectivity index (χ2n) is 5.67. The van der Waals surface area contributed by atoms with Gasteiger partial charge in [0.25, 0.3) is 5.91 Å². The number of urea groups is 1. The first-order valence-corrected chi connectivity index (χ1v) is 9.26. The summed E-state index contributed by atoms with van der Waals surface area (Å²) in [6, 6.07) is 17.2. The maximum Gasteiger partial charge on any atom is 0.358 e. The van der Waals surface area contributed by atoms with Crippen molar-refractivity contribution < 1.29 is 19.1 Å². The zero-order valence-corrected chi connectivity index (χ0v) is 15.7. The van der Waals surface area contributed by atoms with E-state index in [0.717, 1.165) is 5.56 Å². The monoisotopic (exact) mass is 395 g/mol. The van der Waals surface area contributed by atoms with Crippen LogP contribution in [-0.4, -0.2) is 29.9 Å². The van der Waals surface area contributed by atoms with Gasteiger partial charge in [-0.1, -0.05) is 60.7 Å². The Hall–Kier alpha value is -3.52. The molecule has 0 aliphatic heterocycles. The van der Waals surface area contributed by atoms with Crippen LogP contribution in [0.25, 0.3) is 10.6 Å². The molecule has 0 fully saturated rings. The van der Waals surface area contributed by atoms with Gasteiger partial charge in [-0.25, -0.2) is 14.6 Å². The first-order valence-electron chi connectivity index (χ1n) is 8.38. The Labute approximate surface area is 165 Å². The number of imide groups is 1. The van der Waals surface area contributed by atoms with E-state index in [9.17, 15) is 14.4 Å². The topological polar surface area (TPSA) is 97.4 Å². The number of carbonyl (C=O) groups excluding carboxylic acids is 3. The van der Waals surface area contributed by atoms with Crippen molar-refractivity contribution in [3.05, 3.63) is 77.3 Å². The Kier molecular flexibility index (Phi) is 6.13. The third kappa shape index (κ3) is 4.60. The number of aromatic nitrogens is 1. The predicted molar refractivity (Wildman–Crippen MR) is 105 cm³/mol. The molecule has 0 saturated heterocycles. The number of hydrogen-bond donors (Lipinski definition) is 2. The number of nitrogens with zero attached hydrogens (tertiary/aromatic N) is 1. The van der Waals surface area contributed by atoms with Crippen LogP contribution in [0.3, 0.4) is 0 Å². The molecule has 142 valence electrons. The first kappa shape index (κ1) is 19.2. The molecule has 1 heterocycles. The Morgan fingerprint density at radius 3 is 2.29 bits per heavy atom. The van der Waals surface area contributed by atoms with E-state index in [4.69, 9.17) is 4.74 Å². The molecule has 3 rings (SSSR count). The highest BCUT2D eigenvalue weighted by Gasteiger charge is 2.28. The van der Waals surface area contributed by atoms with E-state index >= 15 is 0 Å². The van der Waals surface area contributed by atoms with Crippen LogP contribution >= 0.6 is 11.3 Å². The summed E-state index contributed by atoms with van der Waals surface area (Å²) in [6.45, 7) is 0. The van der Waals surface area contributed by atoms with Crippen molar-refractivity contribution in [3.63, 3.8) is 0 Å². The van der Waals surface area contributed by atoms with Crippen molar-refractivity contribution >= 4 is 29.2 Å². The third-order valence-corrected chi connectivity index (χ3v) is 4.65. The van der Waals surface area contributed by atoms with E-state index in [2.05, 4.69) is 15.6 Å². The highest BCUT2D eigenvalue weighted by Crippen LogP contribution is 2.25. The van der Waals surface area contributed by atoms with Gasteiger partial charge in [-0.15, -0.1) is 11.3 Å². The van der Waals surface area contributed by atoms with Crippen LogP contribution in [0, 0.1) is 0 Å². The molecule has 0 unspecified atom stereocenters. The van der Waals surface area contributed by atoms with Gasteiger partial charge in [0, 0.05) is 23.6 Å². The second-order valence-corrected chi connectivity index (χ2v) is 6.53. The Morgan fingerprint density at radius 1 is 1.00 bits per heavy atom. The molecule has 1 atom stereocenters. The fourth-order valence-corrected chi connectivity index (χ4v) is 3.18. The second kappa shape index (κ2) is 8.92. The summed E-state index contributed by atoms with van der Waals surface area (Å²) in [5.74, 6) is -1.50. The number of hydrogen-bond acceptors (Lipinski definition) is 6. The summed E-state index contributed by atoms with van der Waals surface area (Å²) in [5, 5.41) is 6.66. The van der Waals surface area contributed by atoms with Gasteiger partial charge in [-0.2, -0.15) is 0 Å². The average molecular weight is 395 g/mol. The van der Waals surface area contributed by atoms with Gasteiger partial charge in [0.1, 0.15) is 5.01 Å². The van der Waals surface area contributed by atoms with Gasteiger partial charge < -0.3 is 10.1 Å². The molecule has 7 nitrogen and oxygen atoms in total. The Morgan fingerprint density at radius 2 is 1.64 bits per heavy atom. The molecule has 8 heteroatoms. The molecule has 1 aromatic heterocycles. The lowest BCUT2D eigenvalue weighted by molar-refractivity contribution is -0.129. The van der Waals surface area contributed by atoms with E-state index in [1.807, 2.05) is 30.3 Å². The minimum absolute atomic E-state index is 0.0949. The Balaban J connectivity index is 1.80. The lowest BCUT2D eigenvalue weighted by Gasteiger charge is -2.16. The van der Waals surface area contributed by atoms with Gasteiger partial charge in [-0.3, -0.25) is 10.1 Å². The average Bonchev–Trinajstić information content (AvgIpc) is 3.23. The van der Waals surface area contributed by atoms with Crippen molar-refractivity contribution in [1.82, 2.24) is 15.6 Å². The fraction of sp³-hybridized carbons (Fsp3) is 0.100. The summed E-state index contributed by atoms with van der Waals surface area (Å²) in [4.78, 5) is 40.8. The largest absolute Gasteiger partial charge is 0.443 e. The molecule has 0 spiro atoms. The van der Waals surface area contributed by atoms with Gasteiger partial charge in [0.2, 0.25) is 6.10 Å². The van der Waals surface area contributed by atoms with Crippen molar-refractivity contribution in [3.8, 4) is 10.6 Å². The zero-order valence-electron chi connectivity index (χ0n) is 14.9. The molecule has 0 saturated carbocycles. The van der Waals surface area contributed by atoms with Crippen LogP contribution in [0.5, 0.6) is 0 Å². The maximum absolute atomic E-state index is 12.6. The summed E-state index contributed by atoms with van der Waals surface area (Å²) >= 11 is 1.30. The van der Waals surface area contributed by atoms with Crippen LogP contribution in [0.15, 0.2) is 66.0 Å². The van der Waals surface area contributed by atoms with Gasteiger partial charge >= 0.3 is 12.0 Å². The van der Waals surface area contributed by atoms with Crippen LogP contribution in [0.1, 0.15) is 22.2 Å². The third-order valence-electron chi connectivity index (χ3n) is 3.76. The van der Waals surface area contributed by atoms with Crippen molar-refractivity contribution in [2.24, 2.45) is 0 Å². The molecule has 3 amide bonds. The number of thiazole rings is 1. The molecule has 28 heavy (non-hydrogen) atoms. The van der Waals surface area contributed by atoms with Crippen LogP contribution in [0.4, 0.5) is 4.79 Å². The highest BCUT2D eigenvalue weighted by molar-refractivity contribution is 7.13. The zero-order chi connectivity index (χ0) is 19.9. The number of ether oxygens (including phenoxy) is 1. The molecule has 2 aromatic carbocycles. The van der Waals surface area contributed by atoms with E-state index in [1.165, 1.54) is 18.4 Å². The number of amides is 3. The highest BCUT2D eigenvalue weighted by atomic mass is 32.1. The normalized spacial score (nSPS) is 11.3. The van der Waals surface area contributed by atoms with Crippen LogP contribution in [0.2, 0.25) is 0 Å². The molecule has 0 radical (unpaired) electrons. The number of nitrogens with one attached hydrogen (secondary N) is 2. The van der Waals surface area contributed by atoms with E-state index in [-0.39, 0.29) is 5.69 Å². The number of esters is 1. The molecule has 0 bridgehead atoms. The van der Waals surface area contributed by atoms with E-state index in [0.29, 0.717) is 10.6 Å². The molecular formula is C20H17N3O4S. The van der Waals surface area contributed by atoms with Crippen LogP contribution in [-0.2, 0) is 9.53 Å². The molecule has 0 aliphatic rings. The molecular weight excluding hydrogens is 378 g/mol. The summed E-state index contributed by atoms with van der Waals surface area (Å²) in [6.07, 6.45) is -1.28. The van der Waals surface area contributed by atoms with Crippen molar-refractivity contribution in [2.75, 3.05) is 7.05 Å². The van der Waals surface area contributed by atoms with E-state index < -0.39 is 24.0 Å². The minimum atomic E-state index is -1.28. The van der Waals surface area contributed by atoms with Gasteiger partial charge in [-0.05, 0) is 0 Å². The van der Waals surface area contributed by atoms with Crippen molar-refractivity contribution in [1.29, 1.82) is 0 Å². The summed E-state index contributed by atoms with van der Waals surface area (Å²) in [5.41, 5.74) is 1.41. The smallest absolute Gasteiger partial charge is 0.358 e. The summed E-state index contributed by atoms with van der Waals surface area (Å²) < 4.78 is 5.39. The molecule has 3 aromatic rings. The number of benzene rings is 2. The molecule has 2 N–H and O–H groups in total. The number of rotatable bonds is 5. The van der Waals surface area contributed by atoms with Crippen molar-refractivity contribution in [2.45, 2.75) is 6.10 Å². The Bertz CT molecular complexity index is 973. The fourth-order valence-electron chi connectivity index (χ4n) is 2.39. The van der Waals surface area contributed by atoms with Crippen LogP contribution < -0.4 is 10.6 Å². The quantitative estimate of drug-likeness (QED) is 0.647. The SMILES string of the molecule is CNC(=O)NC(=O)[C@H](OC(=O)c1csc(-c2ccccc2)n1)c1ccccc1. The standard InChI is InChI=1S/C20H17N3O4S/c1-21-20(26)23-17(24)16(13-8-4-2-5-9-13)27-19(25)15-12-28-18(22-15)14-10-6-3-7-11-14/h2-12,16H,1H3,(H2,21,23,24,26)/t16-/m1/s1. The first-order chi connectivity index (χ1) is 13.6. The summed E-state index contributed by atoms with van der Waals surface area (Å²) in [7, 11) is 1.38. The van der Waals surface area contributed by atoms with E-state index in [1.54, 1.807) is 35.7 Å².